The van der Waals surface area contributed by atoms with E-state index in [0.29, 0.717) is 0 Å². The summed E-state index contributed by atoms with van der Waals surface area (Å²) < 4.78 is 0. The Kier molecular flexibility index (Phi) is 6.09. The van der Waals surface area contributed by atoms with Crippen molar-refractivity contribution in [2.45, 2.75) is 64.8 Å². The van der Waals surface area contributed by atoms with Crippen LogP contribution in [0.2, 0.25) is 0 Å². The lowest BCUT2D eigenvalue weighted by molar-refractivity contribution is 0.177. The SMILES string of the molecule is CC.C[C@@H]1CCN(C2CCC(c3ccccc3)CC2)C1. The minimum Gasteiger partial charge on any atom is -0.300 e. The maximum atomic E-state index is 2.76. The van der Waals surface area contributed by atoms with Gasteiger partial charge in [-0.1, -0.05) is 51.1 Å². The molecule has 0 bridgehead atoms. The Bertz CT molecular complexity index is 365. The second-order valence-corrected chi connectivity index (χ2v) is 6.30. The van der Waals surface area contributed by atoms with Crippen LogP contribution >= 0.6 is 0 Å². The Labute approximate surface area is 125 Å². The molecule has 0 N–H and O–H groups in total. The Balaban J connectivity index is 0.000000704. The van der Waals surface area contributed by atoms with Gasteiger partial charge in [0.05, 0.1) is 0 Å². The average Bonchev–Trinajstić information content (AvgIpc) is 2.97. The maximum absolute atomic E-state index is 2.76. The summed E-state index contributed by atoms with van der Waals surface area (Å²) in [6.07, 6.45) is 7.01. The Hall–Kier alpha value is -0.820. The monoisotopic (exact) mass is 273 g/mol. The van der Waals surface area contributed by atoms with Crippen LogP contribution < -0.4 is 0 Å². The molecule has 1 aliphatic heterocycles. The van der Waals surface area contributed by atoms with Gasteiger partial charge in [0.1, 0.15) is 0 Å². The highest BCUT2D eigenvalue weighted by atomic mass is 15.2. The minimum atomic E-state index is 0.822. The van der Waals surface area contributed by atoms with Gasteiger partial charge in [-0.2, -0.15) is 0 Å². The van der Waals surface area contributed by atoms with Gasteiger partial charge in [-0.05, 0) is 56.0 Å². The van der Waals surface area contributed by atoms with Crippen LogP contribution in [0.4, 0.5) is 0 Å². The zero-order valence-corrected chi connectivity index (χ0v) is 13.5. The minimum absolute atomic E-state index is 0.822. The quantitative estimate of drug-likeness (QED) is 0.726. The van der Waals surface area contributed by atoms with Crippen molar-refractivity contribution >= 4 is 0 Å². The molecule has 1 aliphatic carbocycles. The Morgan fingerprint density at radius 1 is 0.900 bits per heavy atom. The zero-order valence-electron chi connectivity index (χ0n) is 13.5. The molecule has 0 amide bonds. The summed E-state index contributed by atoms with van der Waals surface area (Å²) >= 11 is 0. The van der Waals surface area contributed by atoms with E-state index in [9.17, 15) is 0 Å². The maximum Gasteiger partial charge on any atom is 0.00958 e. The van der Waals surface area contributed by atoms with Gasteiger partial charge >= 0.3 is 0 Å². The molecule has 1 heteroatoms. The van der Waals surface area contributed by atoms with Gasteiger partial charge < -0.3 is 4.90 Å². The molecule has 2 aliphatic rings. The molecule has 2 fully saturated rings. The zero-order chi connectivity index (χ0) is 14.4. The Morgan fingerprint density at radius 3 is 2.10 bits per heavy atom. The predicted octanol–water partition coefficient (Wildman–Crippen LogP) is 5.08. The second-order valence-electron chi connectivity index (χ2n) is 6.30. The second kappa shape index (κ2) is 7.83. The van der Waals surface area contributed by atoms with Crippen LogP contribution in [-0.2, 0) is 0 Å². The molecule has 1 saturated carbocycles. The first-order chi connectivity index (χ1) is 9.83. The normalized spacial score (nSPS) is 30.6. The first-order valence-electron chi connectivity index (χ1n) is 8.62. The van der Waals surface area contributed by atoms with E-state index in [1.54, 1.807) is 5.56 Å². The summed E-state index contributed by atoms with van der Waals surface area (Å²) in [6, 6.07) is 12.0. The van der Waals surface area contributed by atoms with Gasteiger partial charge in [0.25, 0.3) is 0 Å². The predicted molar refractivity (Wildman–Crippen MR) is 88.1 cm³/mol. The fourth-order valence-corrected chi connectivity index (χ4v) is 3.80. The van der Waals surface area contributed by atoms with E-state index in [4.69, 9.17) is 0 Å². The van der Waals surface area contributed by atoms with Crippen LogP contribution in [0.25, 0.3) is 0 Å². The molecule has 1 saturated heterocycles. The third kappa shape index (κ3) is 3.85. The molecule has 1 atom stereocenters. The summed E-state index contributed by atoms with van der Waals surface area (Å²) in [5.74, 6) is 1.75. The molecule has 0 spiro atoms. The van der Waals surface area contributed by atoms with Gasteiger partial charge in [0, 0.05) is 12.6 Å². The van der Waals surface area contributed by atoms with Crippen LogP contribution in [0.5, 0.6) is 0 Å². The van der Waals surface area contributed by atoms with Gasteiger partial charge in [0.2, 0.25) is 0 Å². The van der Waals surface area contributed by atoms with Crippen molar-refractivity contribution < 1.29 is 0 Å². The number of likely N-dealkylation sites (tertiary alicyclic amines) is 1. The first kappa shape index (κ1) is 15.6. The summed E-state index contributed by atoms with van der Waals surface area (Å²) in [7, 11) is 0. The fraction of sp³-hybridized carbons (Fsp3) is 0.684. The number of hydrogen-bond acceptors (Lipinski definition) is 1. The van der Waals surface area contributed by atoms with Crippen molar-refractivity contribution in [3.05, 3.63) is 35.9 Å². The van der Waals surface area contributed by atoms with Crippen molar-refractivity contribution in [1.82, 2.24) is 4.90 Å². The number of hydrogen-bond donors (Lipinski definition) is 0. The van der Waals surface area contributed by atoms with E-state index in [1.807, 2.05) is 13.8 Å². The smallest absolute Gasteiger partial charge is 0.00958 e. The Morgan fingerprint density at radius 2 is 1.55 bits per heavy atom. The van der Waals surface area contributed by atoms with Crippen molar-refractivity contribution in [3.8, 4) is 0 Å². The average molecular weight is 273 g/mol. The molecular formula is C19H31N. The molecular weight excluding hydrogens is 242 g/mol. The molecule has 20 heavy (non-hydrogen) atoms. The number of nitrogens with zero attached hydrogens (tertiary/aromatic N) is 1. The first-order valence-corrected chi connectivity index (χ1v) is 8.62. The highest BCUT2D eigenvalue weighted by Gasteiger charge is 2.29. The standard InChI is InChI=1S/C17H25N.C2H6/c1-14-11-12-18(13-14)17-9-7-16(8-10-17)15-5-3-2-4-6-15;1-2/h2-6,14,16-17H,7-13H2,1H3;1-2H3/t14-,16?,17?;/m1./s1. The molecule has 1 heterocycles. The van der Waals surface area contributed by atoms with E-state index < -0.39 is 0 Å². The van der Waals surface area contributed by atoms with Crippen LogP contribution in [0.3, 0.4) is 0 Å². The van der Waals surface area contributed by atoms with Gasteiger partial charge in [-0.3, -0.25) is 0 Å². The van der Waals surface area contributed by atoms with E-state index >= 15 is 0 Å². The summed E-state index contributed by atoms with van der Waals surface area (Å²) in [4.78, 5) is 2.76. The number of benzene rings is 1. The number of rotatable bonds is 2. The van der Waals surface area contributed by atoms with Crippen molar-refractivity contribution in [1.29, 1.82) is 0 Å². The summed E-state index contributed by atoms with van der Waals surface area (Å²) in [5, 5.41) is 0. The fourth-order valence-electron chi connectivity index (χ4n) is 3.80. The third-order valence-corrected chi connectivity index (χ3v) is 4.94. The van der Waals surface area contributed by atoms with Crippen molar-refractivity contribution in [2.75, 3.05) is 13.1 Å². The molecule has 0 radical (unpaired) electrons. The lowest BCUT2D eigenvalue weighted by atomic mass is 9.81. The highest BCUT2D eigenvalue weighted by Crippen LogP contribution is 2.36. The molecule has 1 aromatic carbocycles. The van der Waals surface area contributed by atoms with Gasteiger partial charge in [0.15, 0.2) is 0 Å². The van der Waals surface area contributed by atoms with E-state index in [-0.39, 0.29) is 0 Å². The molecule has 0 unspecified atom stereocenters. The van der Waals surface area contributed by atoms with E-state index in [0.717, 1.165) is 17.9 Å². The topological polar surface area (TPSA) is 3.24 Å². The molecule has 1 nitrogen and oxygen atoms in total. The largest absolute Gasteiger partial charge is 0.300 e. The van der Waals surface area contributed by atoms with Crippen LogP contribution in [0, 0.1) is 5.92 Å². The highest BCUT2D eigenvalue weighted by molar-refractivity contribution is 5.20. The van der Waals surface area contributed by atoms with E-state index in [2.05, 4.69) is 42.2 Å². The van der Waals surface area contributed by atoms with Crippen molar-refractivity contribution in [3.63, 3.8) is 0 Å². The molecule has 0 aromatic heterocycles. The van der Waals surface area contributed by atoms with Crippen LogP contribution in [0.1, 0.15) is 64.4 Å². The lowest BCUT2D eigenvalue weighted by Crippen LogP contribution is -2.36. The van der Waals surface area contributed by atoms with Crippen molar-refractivity contribution in [2.24, 2.45) is 5.92 Å². The van der Waals surface area contributed by atoms with Crippen LogP contribution in [0.15, 0.2) is 30.3 Å². The van der Waals surface area contributed by atoms with Gasteiger partial charge in [-0.15, -0.1) is 0 Å². The molecule has 112 valence electrons. The molecule has 1 aromatic rings. The lowest BCUT2D eigenvalue weighted by Gasteiger charge is -2.34. The summed E-state index contributed by atoms with van der Waals surface area (Å²) in [6.45, 7) is 9.10. The molecule has 3 rings (SSSR count). The van der Waals surface area contributed by atoms with E-state index in [1.165, 1.54) is 45.2 Å². The van der Waals surface area contributed by atoms with Crippen LogP contribution in [-0.4, -0.2) is 24.0 Å². The third-order valence-electron chi connectivity index (χ3n) is 4.94. The summed E-state index contributed by atoms with van der Waals surface area (Å²) in [5.41, 5.74) is 1.56. The van der Waals surface area contributed by atoms with Gasteiger partial charge in [-0.25, -0.2) is 0 Å².